The van der Waals surface area contributed by atoms with Gasteiger partial charge in [-0.1, -0.05) is 60.7 Å². The number of aromatic nitrogens is 2. The number of pyridine rings is 1. The molecule has 0 unspecified atom stereocenters. The molecule has 0 atom stereocenters. The van der Waals surface area contributed by atoms with Gasteiger partial charge in [-0.25, -0.2) is 4.98 Å². The van der Waals surface area contributed by atoms with Gasteiger partial charge in [0, 0.05) is 10.7 Å². The number of imidazole rings is 1. The van der Waals surface area contributed by atoms with Crippen LogP contribution in [-0.2, 0) is 0 Å². The predicted octanol–water partition coefficient (Wildman–Crippen LogP) is 4.92. The molecule has 1 N–H and O–H groups in total. The Bertz CT molecular complexity index is 1050. The fraction of sp³-hybridized carbons (Fsp3) is 0.0909. The van der Waals surface area contributed by atoms with Gasteiger partial charge >= 0.3 is 0 Å². The zero-order valence-corrected chi connectivity index (χ0v) is 16.3. The molecule has 134 valence electrons. The normalized spacial score (nSPS) is 11.1. The van der Waals surface area contributed by atoms with Crippen LogP contribution in [0.2, 0.25) is 0 Å². The van der Waals surface area contributed by atoms with E-state index in [4.69, 9.17) is 0 Å². The number of halogens is 1. The molecule has 0 aliphatic carbocycles. The van der Waals surface area contributed by atoms with Crippen molar-refractivity contribution in [1.29, 1.82) is 0 Å². The summed E-state index contributed by atoms with van der Waals surface area (Å²) in [5.41, 5.74) is 4.06. The van der Waals surface area contributed by atoms with Crippen LogP contribution in [0.4, 0.5) is 0 Å². The van der Waals surface area contributed by atoms with Crippen molar-refractivity contribution in [2.75, 3.05) is 0 Å². The molecular weight excluding hydrogens is 402 g/mol. The highest BCUT2D eigenvalue weighted by molar-refractivity contribution is 9.10. The summed E-state index contributed by atoms with van der Waals surface area (Å²) in [6, 6.07) is 23.5. The minimum Gasteiger partial charge on any atom is -0.340 e. The van der Waals surface area contributed by atoms with Crippen molar-refractivity contribution < 1.29 is 4.79 Å². The molecule has 1 amide bonds. The number of nitrogens with zero attached hydrogens (tertiary/aromatic N) is 2. The summed E-state index contributed by atoms with van der Waals surface area (Å²) in [6.07, 6.45) is 1.87. The SMILES string of the molecule is Cc1nc2ccc(Br)cn2c1C(=O)NC(c1ccccc1)c1ccccc1. The Kier molecular flexibility index (Phi) is 4.77. The molecule has 0 fully saturated rings. The van der Waals surface area contributed by atoms with Gasteiger partial charge in [-0.3, -0.25) is 9.20 Å². The number of fused-ring (bicyclic) bond motifs is 1. The molecule has 4 aromatic rings. The molecule has 2 heterocycles. The lowest BCUT2D eigenvalue weighted by Gasteiger charge is -2.20. The number of rotatable bonds is 4. The summed E-state index contributed by atoms with van der Waals surface area (Å²) in [4.78, 5) is 17.7. The Balaban J connectivity index is 1.75. The van der Waals surface area contributed by atoms with Crippen LogP contribution in [0.1, 0.15) is 33.4 Å². The molecule has 4 rings (SSSR count). The first-order chi connectivity index (χ1) is 13.1. The molecule has 0 saturated carbocycles. The van der Waals surface area contributed by atoms with Crippen LogP contribution in [0, 0.1) is 6.92 Å². The Morgan fingerprint density at radius 2 is 1.56 bits per heavy atom. The lowest BCUT2D eigenvalue weighted by molar-refractivity contribution is 0.0936. The van der Waals surface area contributed by atoms with E-state index in [2.05, 4.69) is 26.2 Å². The molecule has 0 radical (unpaired) electrons. The Morgan fingerprint density at radius 3 is 2.15 bits per heavy atom. The quantitative estimate of drug-likeness (QED) is 0.509. The second kappa shape index (κ2) is 7.37. The minimum absolute atomic E-state index is 0.157. The topological polar surface area (TPSA) is 46.4 Å². The number of carbonyl (C=O) groups excluding carboxylic acids is 1. The van der Waals surface area contributed by atoms with Crippen molar-refractivity contribution in [3.8, 4) is 0 Å². The number of amides is 1. The number of benzene rings is 2. The van der Waals surface area contributed by atoms with Gasteiger partial charge < -0.3 is 5.32 Å². The Labute approximate surface area is 166 Å². The van der Waals surface area contributed by atoms with Crippen molar-refractivity contribution >= 4 is 27.5 Å². The standard InChI is InChI=1S/C22H18BrN3O/c1-15-21(26-14-18(23)12-13-19(26)24-15)22(27)25-20(16-8-4-2-5-9-16)17-10-6-3-7-11-17/h2-14,20H,1H3,(H,25,27). The molecule has 0 aliphatic heterocycles. The highest BCUT2D eigenvalue weighted by Gasteiger charge is 2.22. The van der Waals surface area contributed by atoms with E-state index in [1.54, 1.807) is 0 Å². The Hall–Kier alpha value is -2.92. The molecule has 4 nitrogen and oxygen atoms in total. The maximum Gasteiger partial charge on any atom is 0.270 e. The highest BCUT2D eigenvalue weighted by Crippen LogP contribution is 2.23. The van der Waals surface area contributed by atoms with Gasteiger partial charge in [-0.2, -0.15) is 0 Å². The summed E-state index contributed by atoms with van der Waals surface area (Å²) in [7, 11) is 0. The maximum absolute atomic E-state index is 13.2. The van der Waals surface area contributed by atoms with E-state index in [0.717, 1.165) is 21.2 Å². The largest absolute Gasteiger partial charge is 0.340 e. The van der Waals surface area contributed by atoms with E-state index in [0.29, 0.717) is 11.4 Å². The van der Waals surface area contributed by atoms with Gasteiger partial charge in [0.05, 0.1) is 11.7 Å². The average molecular weight is 420 g/mol. The molecule has 0 bridgehead atoms. The molecule has 0 saturated heterocycles. The second-order valence-corrected chi connectivity index (χ2v) is 7.26. The van der Waals surface area contributed by atoms with Crippen molar-refractivity contribution in [2.24, 2.45) is 0 Å². The van der Waals surface area contributed by atoms with Gasteiger partial charge in [0.15, 0.2) is 0 Å². The van der Waals surface area contributed by atoms with Crippen molar-refractivity contribution in [1.82, 2.24) is 14.7 Å². The van der Waals surface area contributed by atoms with Crippen LogP contribution >= 0.6 is 15.9 Å². The zero-order valence-electron chi connectivity index (χ0n) is 14.8. The summed E-state index contributed by atoms with van der Waals surface area (Å²) in [5.74, 6) is -0.157. The lowest BCUT2D eigenvalue weighted by Crippen LogP contribution is -2.30. The molecule has 5 heteroatoms. The Morgan fingerprint density at radius 1 is 0.963 bits per heavy atom. The van der Waals surface area contributed by atoms with E-state index in [-0.39, 0.29) is 11.9 Å². The van der Waals surface area contributed by atoms with Gasteiger partial charge in [0.25, 0.3) is 5.91 Å². The summed E-state index contributed by atoms with van der Waals surface area (Å²) in [6.45, 7) is 1.86. The number of hydrogen-bond acceptors (Lipinski definition) is 2. The van der Waals surface area contributed by atoms with Gasteiger partial charge in [-0.05, 0) is 46.1 Å². The lowest BCUT2D eigenvalue weighted by atomic mass is 9.98. The predicted molar refractivity (Wildman–Crippen MR) is 110 cm³/mol. The minimum atomic E-state index is -0.239. The van der Waals surface area contributed by atoms with Crippen LogP contribution in [-0.4, -0.2) is 15.3 Å². The van der Waals surface area contributed by atoms with E-state index in [1.807, 2.05) is 90.3 Å². The van der Waals surface area contributed by atoms with Crippen LogP contribution in [0.15, 0.2) is 83.5 Å². The fourth-order valence-corrected chi connectivity index (χ4v) is 3.60. The van der Waals surface area contributed by atoms with E-state index >= 15 is 0 Å². The van der Waals surface area contributed by atoms with Gasteiger partial charge in [0.1, 0.15) is 11.3 Å². The number of nitrogens with one attached hydrogen (secondary N) is 1. The average Bonchev–Trinajstić information content (AvgIpc) is 3.02. The van der Waals surface area contributed by atoms with Crippen molar-refractivity contribution in [2.45, 2.75) is 13.0 Å². The molecular formula is C22H18BrN3O. The van der Waals surface area contributed by atoms with E-state index in [9.17, 15) is 4.79 Å². The second-order valence-electron chi connectivity index (χ2n) is 6.35. The molecule has 0 aliphatic rings. The number of aryl methyl sites for hydroxylation is 1. The van der Waals surface area contributed by atoms with Gasteiger partial charge in [0.2, 0.25) is 0 Å². The number of hydrogen-bond donors (Lipinski definition) is 1. The smallest absolute Gasteiger partial charge is 0.270 e. The first kappa shape index (κ1) is 17.5. The molecule has 2 aromatic carbocycles. The first-order valence-electron chi connectivity index (χ1n) is 8.68. The van der Waals surface area contributed by atoms with E-state index < -0.39 is 0 Å². The third-order valence-corrected chi connectivity index (χ3v) is 4.98. The summed E-state index contributed by atoms with van der Waals surface area (Å²) < 4.78 is 2.71. The first-order valence-corrected chi connectivity index (χ1v) is 9.48. The summed E-state index contributed by atoms with van der Waals surface area (Å²) in [5, 5.41) is 3.19. The van der Waals surface area contributed by atoms with Crippen LogP contribution < -0.4 is 5.32 Å². The van der Waals surface area contributed by atoms with Crippen LogP contribution in [0.3, 0.4) is 0 Å². The van der Waals surface area contributed by atoms with Crippen LogP contribution in [0.25, 0.3) is 5.65 Å². The van der Waals surface area contributed by atoms with Crippen LogP contribution in [0.5, 0.6) is 0 Å². The van der Waals surface area contributed by atoms with E-state index in [1.165, 1.54) is 0 Å². The molecule has 0 spiro atoms. The maximum atomic E-state index is 13.2. The highest BCUT2D eigenvalue weighted by atomic mass is 79.9. The van der Waals surface area contributed by atoms with Crippen molar-refractivity contribution in [3.63, 3.8) is 0 Å². The van der Waals surface area contributed by atoms with Crippen molar-refractivity contribution in [3.05, 3.63) is 106 Å². The number of carbonyl (C=O) groups is 1. The molecule has 2 aromatic heterocycles. The monoisotopic (exact) mass is 419 g/mol. The third kappa shape index (κ3) is 3.51. The van der Waals surface area contributed by atoms with Gasteiger partial charge in [-0.15, -0.1) is 0 Å². The third-order valence-electron chi connectivity index (χ3n) is 4.51. The summed E-state index contributed by atoms with van der Waals surface area (Å²) >= 11 is 3.47. The molecule has 27 heavy (non-hydrogen) atoms. The fourth-order valence-electron chi connectivity index (χ4n) is 3.26. The zero-order chi connectivity index (χ0) is 18.8.